The van der Waals surface area contributed by atoms with Gasteiger partial charge in [-0.05, 0) is 64.6 Å². The van der Waals surface area contributed by atoms with Crippen molar-refractivity contribution in [2.75, 3.05) is 46.3 Å². The molecule has 28 heavy (non-hydrogen) atoms. The van der Waals surface area contributed by atoms with Crippen LogP contribution in [0.15, 0.2) is 4.99 Å². The molecule has 2 saturated heterocycles. The summed E-state index contributed by atoms with van der Waals surface area (Å²) in [6, 6.07) is -0.288. The molecule has 1 atom stereocenters. The molecule has 3 amide bonds. The van der Waals surface area contributed by atoms with Crippen LogP contribution in [-0.2, 0) is 4.79 Å². The zero-order valence-electron chi connectivity index (χ0n) is 18.0. The molecule has 0 aromatic heterocycles. The minimum Gasteiger partial charge on any atom is -0.356 e. The molecule has 0 spiro atoms. The standard InChI is InChI=1S/C20H38N6O2/c1-5-20(3)17(27)26(19(28)24-20)13-7-11-23-18(21-4)22-10-6-12-25-14-8-16(2)9-15-25/h16H,5-15H2,1-4H3,(H,24,28)(H2,21,22,23). The maximum Gasteiger partial charge on any atom is 0.325 e. The van der Waals surface area contributed by atoms with Crippen LogP contribution in [0, 0.1) is 5.92 Å². The smallest absolute Gasteiger partial charge is 0.325 e. The van der Waals surface area contributed by atoms with Crippen molar-refractivity contribution >= 4 is 17.9 Å². The molecule has 1 unspecified atom stereocenters. The van der Waals surface area contributed by atoms with Gasteiger partial charge in [-0.1, -0.05) is 13.8 Å². The van der Waals surface area contributed by atoms with E-state index in [1.807, 2.05) is 6.92 Å². The van der Waals surface area contributed by atoms with Crippen LogP contribution >= 0.6 is 0 Å². The summed E-state index contributed by atoms with van der Waals surface area (Å²) in [5.74, 6) is 1.51. The number of hydrogen-bond acceptors (Lipinski definition) is 4. The molecular weight excluding hydrogens is 356 g/mol. The zero-order valence-corrected chi connectivity index (χ0v) is 18.0. The highest BCUT2D eigenvalue weighted by Gasteiger charge is 2.45. The van der Waals surface area contributed by atoms with Crippen LogP contribution in [0.5, 0.6) is 0 Å². The molecule has 2 aliphatic rings. The first-order valence-corrected chi connectivity index (χ1v) is 10.7. The van der Waals surface area contributed by atoms with Crippen LogP contribution in [-0.4, -0.2) is 79.6 Å². The topological polar surface area (TPSA) is 89.1 Å². The number of hydrogen-bond donors (Lipinski definition) is 3. The lowest BCUT2D eigenvalue weighted by Gasteiger charge is -2.30. The minimum absolute atomic E-state index is 0.130. The van der Waals surface area contributed by atoms with Crippen LogP contribution in [0.1, 0.15) is 52.9 Å². The maximum atomic E-state index is 12.4. The number of urea groups is 1. The fourth-order valence-corrected chi connectivity index (χ4v) is 3.65. The highest BCUT2D eigenvalue weighted by Crippen LogP contribution is 2.20. The molecule has 2 rings (SSSR count). The van der Waals surface area contributed by atoms with Gasteiger partial charge in [0.15, 0.2) is 5.96 Å². The summed E-state index contributed by atoms with van der Waals surface area (Å²) in [7, 11) is 1.76. The van der Waals surface area contributed by atoms with E-state index in [4.69, 9.17) is 0 Å². The fourth-order valence-electron chi connectivity index (χ4n) is 3.65. The van der Waals surface area contributed by atoms with E-state index < -0.39 is 5.54 Å². The average molecular weight is 395 g/mol. The van der Waals surface area contributed by atoms with Crippen molar-refractivity contribution in [3.63, 3.8) is 0 Å². The molecule has 0 aliphatic carbocycles. The van der Waals surface area contributed by atoms with E-state index >= 15 is 0 Å². The molecule has 8 heteroatoms. The number of carbonyl (C=O) groups excluding carboxylic acids is 2. The maximum absolute atomic E-state index is 12.4. The third kappa shape index (κ3) is 6.09. The zero-order chi connectivity index (χ0) is 20.6. The molecule has 2 fully saturated rings. The quantitative estimate of drug-likeness (QED) is 0.238. The number of likely N-dealkylation sites (tertiary alicyclic amines) is 1. The van der Waals surface area contributed by atoms with E-state index in [2.05, 4.69) is 32.8 Å². The number of guanidine groups is 1. The van der Waals surface area contributed by atoms with Crippen molar-refractivity contribution in [3.05, 3.63) is 0 Å². The Balaban J connectivity index is 1.58. The Bertz CT molecular complexity index is 559. The molecular formula is C20H38N6O2. The van der Waals surface area contributed by atoms with Crippen molar-refractivity contribution in [1.29, 1.82) is 0 Å². The first-order valence-electron chi connectivity index (χ1n) is 10.7. The molecule has 0 aromatic carbocycles. The molecule has 2 heterocycles. The largest absolute Gasteiger partial charge is 0.356 e. The summed E-state index contributed by atoms with van der Waals surface area (Å²) >= 11 is 0. The molecule has 160 valence electrons. The minimum atomic E-state index is -0.755. The summed E-state index contributed by atoms with van der Waals surface area (Å²) in [6.07, 6.45) is 5.00. The molecule has 0 saturated carbocycles. The van der Waals surface area contributed by atoms with Gasteiger partial charge in [-0.25, -0.2) is 4.79 Å². The Morgan fingerprint density at radius 3 is 2.32 bits per heavy atom. The predicted molar refractivity (Wildman–Crippen MR) is 112 cm³/mol. The molecule has 0 aromatic rings. The highest BCUT2D eigenvalue weighted by molar-refractivity contribution is 6.06. The number of nitrogens with zero attached hydrogens (tertiary/aromatic N) is 3. The van der Waals surface area contributed by atoms with Crippen molar-refractivity contribution < 1.29 is 9.59 Å². The number of amides is 3. The van der Waals surface area contributed by atoms with Crippen LogP contribution < -0.4 is 16.0 Å². The number of carbonyl (C=O) groups is 2. The van der Waals surface area contributed by atoms with Crippen molar-refractivity contribution in [3.8, 4) is 0 Å². The van der Waals surface area contributed by atoms with Gasteiger partial charge in [0.1, 0.15) is 5.54 Å². The summed E-state index contributed by atoms with van der Waals surface area (Å²) in [6.45, 7) is 11.5. The second-order valence-corrected chi connectivity index (χ2v) is 8.23. The van der Waals surface area contributed by atoms with E-state index in [1.165, 1.54) is 30.8 Å². The van der Waals surface area contributed by atoms with Gasteiger partial charge in [0.2, 0.25) is 0 Å². The molecule has 2 aliphatic heterocycles. The Labute approximate surface area is 169 Å². The molecule has 3 N–H and O–H groups in total. The van der Waals surface area contributed by atoms with Gasteiger partial charge in [0.25, 0.3) is 5.91 Å². The number of rotatable bonds is 9. The van der Waals surface area contributed by atoms with E-state index in [9.17, 15) is 9.59 Å². The van der Waals surface area contributed by atoms with E-state index in [-0.39, 0.29) is 11.9 Å². The number of imide groups is 1. The van der Waals surface area contributed by atoms with Gasteiger partial charge in [-0.15, -0.1) is 0 Å². The van der Waals surface area contributed by atoms with Gasteiger partial charge in [0.05, 0.1) is 0 Å². The average Bonchev–Trinajstić information content (AvgIpc) is 2.91. The number of piperidine rings is 1. The van der Waals surface area contributed by atoms with E-state index in [0.29, 0.717) is 25.9 Å². The van der Waals surface area contributed by atoms with E-state index in [1.54, 1.807) is 14.0 Å². The first-order chi connectivity index (χ1) is 13.4. The Morgan fingerprint density at radius 2 is 1.79 bits per heavy atom. The Hall–Kier alpha value is -1.83. The van der Waals surface area contributed by atoms with Crippen LogP contribution in [0.25, 0.3) is 0 Å². The summed E-state index contributed by atoms with van der Waals surface area (Å²) < 4.78 is 0. The molecule has 0 bridgehead atoms. The fraction of sp³-hybridized carbons (Fsp3) is 0.850. The SMILES string of the molecule is CCC1(C)NC(=O)N(CCCNC(=NC)NCCCN2CCC(C)CC2)C1=O. The van der Waals surface area contributed by atoms with Crippen LogP contribution in [0.2, 0.25) is 0 Å². The van der Waals surface area contributed by atoms with Crippen LogP contribution in [0.3, 0.4) is 0 Å². The van der Waals surface area contributed by atoms with Crippen LogP contribution in [0.4, 0.5) is 4.79 Å². The third-order valence-corrected chi connectivity index (χ3v) is 5.95. The van der Waals surface area contributed by atoms with Gasteiger partial charge in [-0.3, -0.25) is 14.7 Å². The molecule has 8 nitrogen and oxygen atoms in total. The summed E-state index contributed by atoms with van der Waals surface area (Å²) in [4.78, 5) is 32.5. The van der Waals surface area contributed by atoms with Gasteiger partial charge in [-0.2, -0.15) is 0 Å². The van der Waals surface area contributed by atoms with Gasteiger partial charge < -0.3 is 20.9 Å². The number of nitrogens with one attached hydrogen (secondary N) is 3. The number of aliphatic imine (C=N–C) groups is 1. The first kappa shape index (κ1) is 22.5. The van der Waals surface area contributed by atoms with Gasteiger partial charge >= 0.3 is 6.03 Å². The third-order valence-electron chi connectivity index (χ3n) is 5.95. The Kier molecular flexibility index (Phi) is 8.54. The normalized spacial score (nSPS) is 24.6. The summed E-state index contributed by atoms with van der Waals surface area (Å²) in [5, 5.41) is 9.38. The lowest BCUT2D eigenvalue weighted by Crippen LogP contribution is -2.43. The lowest BCUT2D eigenvalue weighted by atomic mass is 9.99. The predicted octanol–water partition coefficient (Wildman–Crippen LogP) is 1.38. The van der Waals surface area contributed by atoms with Crippen molar-refractivity contribution in [2.45, 2.75) is 58.4 Å². The van der Waals surface area contributed by atoms with Gasteiger partial charge in [0, 0.05) is 26.7 Å². The monoisotopic (exact) mass is 394 g/mol. The van der Waals surface area contributed by atoms with Crippen molar-refractivity contribution in [2.24, 2.45) is 10.9 Å². The summed E-state index contributed by atoms with van der Waals surface area (Å²) in [5.41, 5.74) is -0.755. The second kappa shape index (κ2) is 10.6. The molecule has 0 radical (unpaired) electrons. The van der Waals surface area contributed by atoms with Crippen molar-refractivity contribution in [1.82, 2.24) is 25.8 Å². The van der Waals surface area contributed by atoms with E-state index in [0.717, 1.165) is 31.4 Å². The highest BCUT2D eigenvalue weighted by atomic mass is 16.2. The lowest BCUT2D eigenvalue weighted by molar-refractivity contribution is -0.130. The second-order valence-electron chi connectivity index (χ2n) is 8.23. The Morgan fingerprint density at radius 1 is 1.18 bits per heavy atom.